The quantitative estimate of drug-likeness (QED) is 0.619. The molecule has 0 saturated heterocycles. The van der Waals surface area contributed by atoms with Gasteiger partial charge in [0.15, 0.2) is 0 Å². The van der Waals surface area contributed by atoms with Gasteiger partial charge in [0.1, 0.15) is 0 Å². The Bertz CT molecular complexity index is 543. The third-order valence-electron chi connectivity index (χ3n) is 2.69. The van der Waals surface area contributed by atoms with Crippen molar-refractivity contribution in [3.05, 3.63) is 64.9 Å². The van der Waals surface area contributed by atoms with E-state index in [9.17, 15) is 4.79 Å². The predicted octanol–water partition coefficient (Wildman–Crippen LogP) is 3.52. The van der Waals surface area contributed by atoms with E-state index in [-0.39, 0.29) is 5.97 Å². The molecule has 2 aromatic rings. The van der Waals surface area contributed by atoms with E-state index in [1.807, 2.05) is 12.1 Å². The largest absolute Gasteiger partial charge is 0.462 e. The van der Waals surface area contributed by atoms with Crippen LogP contribution < -0.4 is 0 Å². The molecule has 0 spiro atoms. The first-order chi connectivity index (χ1) is 9.27. The molecule has 0 atom stereocenters. The summed E-state index contributed by atoms with van der Waals surface area (Å²) in [5, 5.41) is 0.418. The summed E-state index contributed by atoms with van der Waals surface area (Å²) in [6.45, 7) is 0.381. The van der Waals surface area contributed by atoms with Gasteiger partial charge in [-0.25, -0.2) is 4.79 Å². The number of halogens is 1. The van der Waals surface area contributed by atoms with Crippen LogP contribution in [-0.2, 0) is 11.2 Å². The Labute approximate surface area is 117 Å². The van der Waals surface area contributed by atoms with Gasteiger partial charge >= 0.3 is 5.97 Å². The Morgan fingerprint density at radius 1 is 1.16 bits per heavy atom. The van der Waals surface area contributed by atoms with E-state index in [0.717, 1.165) is 12.8 Å². The van der Waals surface area contributed by atoms with Crippen LogP contribution in [0, 0.1) is 0 Å². The number of benzene rings is 1. The first-order valence-electron chi connectivity index (χ1n) is 6.08. The summed E-state index contributed by atoms with van der Waals surface area (Å²) in [5.74, 6) is -0.375. The monoisotopic (exact) mass is 275 g/mol. The molecule has 3 nitrogen and oxygen atoms in total. The fraction of sp³-hybridized carbons (Fsp3) is 0.200. The van der Waals surface area contributed by atoms with Crippen molar-refractivity contribution in [3.8, 4) is 0 Å². The SMILES string of the molecule is O=C(OCCCc1ccncc1)c1ccccc1Cl. The summed E-state index contributed by atoms with van der Waals surface area (Å²) in [5.41, 5.74) is 1.59. The lowest BCUT2D eigenvalue weighted by molar-refractivity contribution is 0.0501. The molecular weight excluding hydrogens is 262 g/mol. The van der Waals surface area contributed by atoms with Gasteiger partial charge in [-0.2, -0.15) is 0 Å². The molecule has 4 heteroatoms. The molecule has 0 N–H and O–H groups in total. The van der Waals surface area contributed by atoms with Crippen molar-refractivity contribution in [1.82, 2.24) is 4.98 Å². The molecule has 98 valence electrons. The lowest BCUT2D eigenvalue weighted by Crippen LogP contribution is -2.07. The van der Waals surface area contributed by atoms with Crippen LogP contribution in [0.1, 0.15) is 22.3 Å². The zero-order valence-electron chi connectivity index (χ0n) is 10.4. The minimum Gasteiger partial charge on any atom is -0.462 e. The Morgan fingerprint density at radius 3 is 2.63 bits per heavy atom. The first-order valence-corrected chi connectivity index (χ1v) is 6.46. The molecule has 0 unspecified atom stereocenters. The molecule has 1 aromatic carbocycles. The van der Waals surface area contributed by atoms with E-state index < -0.39 is 0 Å². The summed E-state index contributed by atoms with van der Waals surface area (Å²) in [6.07, 6.45) is 5.15. The standard InChI is InChI=1S/C15H14ClNO2/c16-14-6-2-1-5-13(14)15(18)19-11-3-4-12-7-9-17-10-8-12/h1-2,5-10H,3-4,11H2. The molecule has 1 heterocycles. The van der Waals surface area contributed by atoms with Crippen molar-refractivity contribution in [2.75, 3.05) is 6.61 Å². The fourth-order valence-corrected chi connectivity index (χ4v) is 1.91. The van der Waals surface area contributed by atoms with Gasteiger partial charge in [-0.3, -0.25) is 4.98 Å². The Hall–Kier alpha value is -1.87. The van der Waals surface area contributed by atoms with Crippen LogP contribution in [0.3, 0.4) is 0 Å². The number of ether oxygens (including phenoxy) is 1. The van der Waals surface area contributed by atoms with Gasteiger partial charge in [0, 0.05) is 12.4 Å². The van der Waals surface area contributed by atoms with Gasteiger partial charge in [0.25, 0.3) is 0 Å². The molecule has 0 fully saturated rings. The molecule has 0 bridgehead atoms. The average molecular weight is 276 g/mol. The molecule has 0 aliphatic rings. The van der Waals surface area contributed by atoms with Gasteiger partial charge in [-0.05, 0) is 42.7 Å². The van der Waals surface area contributed by atoms with E-state index in [1.54, 1.807) is 36.7 Å². The number of carbonyl (C=O) groups excluding carboxylic acids is 1. The fourth-order valence-electron chi connectivity index (χ4n) is 1.70. The Kier molecular flexibility index (Phi) is 4.93. The third kappa shape index (κ3) is 4.07. The number of aryl methyl sites for hydroxylation is 1. The summed E-state index contributed by atoms with van der Waals surface area (Å²) in [6, 6.07) is 10.8. The molecule has 1 aromatic heterocycles. The molecule has 0 aliphatic carbocycles. The summed E-state index contributed by atoms with van der Waals surface area (Å²) < 4.78 is 5.19. The number of esters is 1. The zero-order valence-corrected chi connectivity index (χ0v) is 11.1. The predicted molar refractivity (Wildman–Crippen MR) is 74.3 cm³/mol. The van der Waals surface area contributed by atoms with Crippen molar-refractivity contribution in [2.45, 2.75) is 12.8 Å². The van der Waals surface area contributed by atoms with Crippen molar-refractivity contribution >= 4 is 17.6 Å². The number of hydrogen-bond donors (Lipinski definition) is 0. The molecule has 0 radical (unpaired) electrons. The molecule has 0 amide bonds. The highest BCUT2D eigenvalue weighted by molar-refractivity contribution is 6.33. The van der Waals surface area contributed by atoms with Crippen molar-refractivity contribution in [1.29, 1.82) is 0 Å². The average Bonchev–Trinajstić information content (AvgIpc) is 2.45. The summed E-state index contributed by atoms with van der Waals surface area (Å²) in [7, 11) is 0. The van der Waals surface area contributed by atoms with Gasteiger partial charge in [0.05, 0.1) is 17.2 Å². The van der Waals surface area contributed by atoms with Gasteiger partial charge in [0.2, 0.25) is 0 Å². The van der Waals surface area contributed by atoms with E-state index in [0.29, 0.717) is 17.2 Å². The van der Waals surface area contributed by atoms with Crippen molar-refractivity contribution in [3.63, 3.8) is 0 Å². The molecule has 0 saturated carbocycles. The number of carbonyl (C=O) groups is 1. The molecule has 0 aliphatic heterocycles. The van der Waals surface area contributed by atoms with Crippen LogP contribution in [0.4, 0.5) is 0 Å². The van der Waals surface area contributed by atoms with Gasteiger partial charge in [-0.1, -0.05) is 23.7 Å². The lowest BCUT2D eigenvalue weighted by Gasteiger charge is -2.06. The number of nitrogens with zero attached hydrogens (tertiary/aromatic N) is 1. The summed E-state index contributed by atoms with van der Waals surface area (Å²) in [4.78, 5) is 15.7. The van der Waals surface area contributed by atoms with E-state index in [1.165, 1.54) is 5.56 Å². The number of pyridine rings is 1. The van der Waals surface area contributed by atoms with E-state index in [2.05, 4.69) is 4.98 Å². The normalized spacial score (nSPS) is 10.2. The highest BCUT2D eigenvalue weighted by Crippen LogP contribution is 2.16. The minimum atomic E-state index is -0.375. The second kappa shape index (κ2) is 6.90. The van der Waals surface area contributed by atoms with Crippen LogP contribution in [0.5, 0.6) is 0 Å². The number of aromatic nitrogens is 1. The molecule has 19 heavy (non-hydrogen) atoms. The van der Waals surface area contributed by atoms with Crippen LogP contribution in [-0.4, -0.2) is 17.6 Å². The Balaban J connectivity index is 1.77. The lowest BCUT2D eigenvalue weighted by atomic mass is 10.1. The maximum Gasteiger partial charge on any atom is 0.339 e. The van der Waals surface area contributed by atoms with Gasteiger partial charge in [-0.15, -0.1) is 0 Å². The minimum absolute atomic E-state index is 0.375. The van der Waals surface area contributed by atoms with E-state index in [4.69, 9.17) is 16.3 Å². The van der Waals surface area contributed by atoms with Crippen molar-refractivity contribution in [2.24, 2.45) is 0 Å². The molecule has 2 rings (SSSR count). The van der Waals surface area contributed by atoms with Gasteiger partial charge < -0.3 is 4.74 Å². The van der Waals surface area contributed by atoms with Crippen LogP contribution in [0.2, 0.25) is 5.02 Å². The summed E-state index contributed by atoms with van der Waals surface area (Å²) >= 11 is 5.92. The van der Waals surface area contributed by atoms with Crippen LogP contribution in [0.25, 0.3) is 0 Å². The highest BCUT2D eigenvalue weighted by atomic mass is 35.5. The first kappa shape index (κ1) is 13.6. The topological polar surface area (TPSA) is 39.2 Å². The smallest absolute Gasteiger partial charge is 0.339 e. The number of hydrogen-bond acceptors (Lipinski definition) is 3. The van der Waals surface area contributed by atoms with Crippen LogP contribution in [0.15, 0.2) is 48.8 Å². The maximum atomic E-state index is 11.8. The number of rotatable bonds is 5. The maximum absolute atomic E-state index is 11.8. The van der Waals surface area contributed by atoms with Crippen LogP contribution >= 0.6 is 11.6 Å². The zero-order chi connectivity index (χ0) is 13.5. The third-order valence-corrected chi connectivity index (χ3v) is 3.02. The second-order valence-electron chi connectivity index (χ2n) is 4.07. The van der Waals surface area contributed by atoms with E-state index >= 15 is 0 Å². The second-order valence-corrected chi connectivity index (χ2v) is 4.48. The highest BCUT2D eigenvalue weighted by Gasteiger charge is 2.10. The molecular formula is C15H14ClNO2. The van der Waals surface area contributed by atoms with Crippen molar-refractivity contribution < 1.29 is 9.53 Å². The Morgan fingerprint density at radius 2 is 1.89 bits per heavy atom.